The number of carbonyl (C=O) groups excluding carboxylic acids is 1. The van der Waals surface area contributed by atoms with Gasteiger partial charge in [0.15, 0.2) is 0 Å². The minimum atomic E-state index is -0.0522. The third-order valence-corrected chi connectivity index (χ3v) is 3.96. The van der Waals surface area contributed by atoms with E-state index in [-0.39, 0.29) is 6.03 Å². The highest BCUT2D eigenvalue weighted by molar-refractivity contribution is 9.10. The van der Waals surface area contributed by atoms with E-state index in [2.05, 4.69) is 28.2 Å². The van der Waals surface area contributed by atoms with Crippen LogP contribution < -0.4 is 11.1 Å². The first-order valence-electron chi connectivity index (χ1n) is 6.59. The van der Waals surface area contributed by atoms with Crippen LogP contribution in [-0.2, 0) is 0 Å². The van der Waals surface area contributed by atoms with Gasteiger partial charge in [0.1, 0.15) is 0 Å². The number of amides is 2. The molecule has 0 aliphatic carbocycles. The number of aryl methyl sites for hydroxylation is 1. The molecule has 1 atom stereocenters. The predicted molar refractivity (Wildman–Crippen MR) is 82.3 cm³/mol. The van der Waals surface area contributed by atoms with E-state index in [0.29, 0.717) is 17.3 Å². The van der Waals surface area contributed by atoms with Crippen LogP contribution in [0.15, 0.2) is 16.6 Å². The van der Waals surface area contributed by atoms with E-state index in [1.165, 1.54) is 6.42 Å². The molecule has 1 aliphatic rings. The van der Waals surface area contributed by atoms with Crippen molar-refractivity contribution >= 4 is 33.3 Å². The molecule has 0 bridgehead atoms. The molecular weight excluding hydrogens is 306 g/mol. The second kappa shape index (κ2) is 5.82. The normalized spacial score (nSPS) is 19.3. The summed E-state index contributed by atoms with van der Waals surface area (Å²) in [7, 11) is 0. The van der Waals surface area contributed by atoms with Crippen LogP contribution in [0.25, 0.3) is 0 Å². The Morgan fingerprint density at radius 1 is 1.53 bits per heavy atom. The van der Waals surface area contributed by atoms with Crippen molar-refractivity contribution in [1.82, 2.24) is 4.90 Å². The smallest absolute Gasteiger partial charge is 0.321 e. The molecule has 1 heterocycles. The van der Waals surface area contributed by atoms with Crippen LogP contribution in [0.3, 0.4) is 0 Å². The van der Waals surface area contributed by atoms with E-state index < -0.39 is 0 Å². The van der Waals surface area contributed by atoms with E-state index >= 15 is 0 Å². The number of nitrogen functional groups attached to an aromatic ring is 1. The molecule has 1 unspecified atom stereocenters. The molecule has 2 rings (SSSR count). The first kappa shape index (κ1) is 14.2. The number of halogens is 1. The van der Waals surface area contributed by atoms with Crippen molar-refractivity contribution in [3.05, 3.63) is 22.2 Å². The number of hydrogen-bond acceptors (Lipinski definition) is 2. The Hall–Kier alpha value is -1.23. The molecule has 5 heteroatoms. The van der Waals surface area contributed by atoms with Gasteiger partial charge in [0.2, 0.25) is 0 Å². The summed E-state index contributed by atoms with van der Waals surface area (Å²) in [5.41, 5.74) is 8.23. The number of likely N-dealkylation sites (tertiary alicyclic amines) is 1. The van der Waals surface area contributed by atoms with Crippen LogP contribution in [0, 0.1) is 12.8 Å². The summed E-state index contributed by atoms with van der Waals surface area (Å²) in [6, 6.07) is 3.70. The maximum Gasteiger partial charge on any atom is 0.321 e. The second-order valence-corrected chi connectivity index (χ2v) is 6.23. The van der Waals surface area contributed by atoms with Crippen LogP contribution in [0.2, 0.25) is 0 Å². The van der Waals surface area contributed by atoms with Crippen molar-refractivity contribution in [1.29, 1.82) is 0 Å². The topological polar surface area (TPSA) is 58.4 Å². The highest BCUT2D eigenvalue weighted by atomic mass is 79.9. The van der Waals surface area contributed by atoms with E-state index in [0.717, 1.165) is 29.5 Å². The number of urea groups is 1. The molecule has 1 aromatic rings. The summed E-state index contributed by atoms with van der Waals surface area (Å²) < 4.78 is 0.923. The van der Waals surface area contributed by atoms with Gasteiger partial charge >= 0.3 is 6.03 Å². The standard InChI is InChI=1S/C14H20BrN3O/c1-9-4-3-5-18(8-9)14(19)17-13-10(2)6-11(15)7-12(13)16/h6-7,9H,3-5,8,16H2,1-2H3,(H,17,19). The Labute approximate surface area is 122 Å². The van der Waals surface area contributed by atoms with Crippen LogP contribution in [0.4, 0.5) is 16.2 Å². The molecule has 2 amide bonds. The summed E-state index contributed by atoms with van der Waals surface area (Å²) in [6.07, 6.45) is 2.27. The number of anilines is 2. The molecule has 0 spiro atoms. The van der Waals surface area contributed by atoms with Crippen LogP contribution in [0.5, 0.6) is 0 Å². The lowest BCUT2D eigenvalue weighted by molar-refractivity contribution is 0.182. The number of hydrogen-bond donors (Lipinski definition) is 2. The average Bonchev–Trinajstić information content (AvgIpc) is 2.33. The van der Waals surface area contributed by atoms with Crippen LogP contribution in [-0.4, -0.2) is 24.0 Å². The Morgan fingerprint density at radius 3 is 2.89 bits per heavy atom. The highest BCUT2D eigenvalue weighted by Crippen LogP contribution is 2.28. The fourth-order valence-corrected chi connectivity index (χ4v) is 3.09. The van der Waals surface area contributed by atoms with E-state index in [1.807, 2.05) is 17.9 Å². The minimum Gasteiger partial charge on any atom is -0.397 e. The third-order valence-electron chi connectivity index (χ3n) is 3.51. The van der Waals surface area contributed by atoms with Crippen LogP contribution >= 0.6 is 15.9 Å². The quantitative estimate of drug-likeness (QED) is 0.775. The van der Waals surface area contributed by atoms with E-state index in [9.17, 15) is 4.79 Å². The monoisotopic (exact) mass is 325 g/mol. The summed E-state index contributed by atoms with van der Waals surface area (Å²) in [6.45, 7) is 5.77. The number of nitrogens with zero attached hydrogens (tertiary/aromatic N) is 1. The van der Waals surface area contributed by atoms with Gasteiger partial charge in [-0.1, -0.05) is 22.9 Å². The van der Waals surface area contributed by atoms with Gasteiger partial charge in [-0.05, 0) is 43.4 Å². The van der Waals surface area contributed by atoms with Crippen molar-refractivity contribution in [2.45, 2.75) is 26.7 Å². The number of piperidine rings is 1. The van der Waals surface area contributed by atoms with Gasteiger partial charge < -0.3 is 16.0 Å². The Morgan fingerprint density at radius 2 is 2.26 bits per heavy atom. The summed E-state index contributed by atoms with van der Waals surface area (Å²) in [4.78, 5) is 14.1. The SMILES string of the molecule is Cc1cc(Br)cc(N)c1NC(=O)N1CCCC(C)C1. The predicted octanol–water partition coefficient (Wildman–Crippen LogP) is 3.60. The molecule has 0 saturated carbocycles. The summed E-state index contributed by atoms with van der Waals surface area (Å²) in [5.74, 6) is 0.572. The average molecular weight is 326 g/mol. The third kappa shape index (κ3) is 3.41. The fraction of sp³-hybridized carbons (Fsp3) is 0.500. The van der Waals surface area contributed by atoms with Crippen LogP contribution in [0.1, 0.15) is 25.3 Å². The Kier molecular flexibility index (Phi) is 4.34. The maximum absolute atomic E-state index is 12.2. The van der Waals surface area contributed by atoms with Gasteiger partial charge in [0.25, 0.3) is 0 Å². The molecule has 1 aromatic carbocycles. The number of rotatable bonds is 1. The van der Waals surface area contributed by atoms with Gasteiger partial charge in [0.05, 0.1) is 11.4 Å². The van der Waals surface area contributed by atoms with Gasteiger partial charge in [-0.3, -0.25) is 0 Å². The molecule has 1 saturated heterocycles. The molecule has 0 radical (unpaired) electrons. The molecule has 3 N–H and O–H groups in total. The zero-order valence-corrected chi connectivity index (χ0v) is 13.0. The minimum absolute atomic E-state index is 0.0522. The highest BCUT2D eigenvalue weighted by Gasteiger charge is 2.21. The Bertz CT molecular complexity index is 467. The lowest BCUT2D eigenvalue weighted by Gasteiger charge is -2.31. The van der Waals surface area contributed by atoms with Gasteiger partial charge in [0, 0.05) is 17.6 Å². The summed E-state index contributed by atoms with van der Waals surface area (Å²) in [5, 5.41) is 2.94. The Balaban J connectivity index is 2.10. The lowest BCUT2D eigenvalue weighted by Crippen LogP contribution is -2.41. The second-order valence-electron chi connectivity index (χ2n) is 5.31. The fourth-order valence-electron chi connectivity index (χ4n) is 2.50. The zero-order chi connectivity index (χ0) is 14.0. The number of nitrogens with one attached hydrogen (secondary N) is 1. The number of benzene rings is 1. The first-order chi connectivity index (χ1) is 8.97. The van der Waals surface area contributed by atoms with Crippen molar-refractivity contribution in [3.63, 3.8) is 0 Å². The van der Waals surface area contributed by atoms with Gasteiger partial charge in [-0.25, -0.2) is 4.79 Å². The van der Waals surface area contributed by atoms with Gasteiger partial charge in [-0.2, -0.15) is 0 Å². The molecule has 4 nitrogen and oxygen atoms in total. The lowest BCUT2D eigenvalue weighted by atomic mass is 10.0. The molecule has 0 aromatic heterocycles. The first-order valence-corrected chi connectivity index (χ1v) is 7.38. The molecule has 1 fully saturated rings. The molecule has 19 heavy (non-hydrogen) atoms. The van der Waals surface area contributed by atoms with E-state index in [4.69, 9.17) is 5.73 Å². The van der Waals surface area contributed by atoms with E-state index in [1.54, 1.807) is 6.07 Å². The van der Waals surface area contributed by atoms with Crippen molar-refractivity contribution in [2.24, 2.45) is 5.92 Å². The number of nitrogens with two attached hydrogens (primary N) is 1. The van der Waals surface area contributed by atoms with Gasteiger partial charge in [-0.15, -0.1) is 0 Å². The van der Waals surface area contributed by atoms with Crippen molar-refractivity contribution in [2.75, 3.05) is 24.1 Å². The molecular formula is C14H20BrN3O. The van der Waals surface area contributed by atoms with Crippen molar-refractivity contribution < 1.29 is 4.79 Å². The largest absolute Gasteiger partial charge is 0.397 e. The molecule has 1 aliphatic heterocycles. The molecule has 104 valence electrons. The number of carbonyl (C=O) groups is 1. The zero-order valence-electron chi connectivity index (χ0n) is 11.4. The maximum atomic E-state index is 12.2. The summed E-state index contributed by atoms with van der Waals surface area (Å²) >= 11 is 3.39. The van der Waals surface area contributed by atoms with Crippen molar-refractivity contribution in [3.8, 4) is 0 Å².